The van der Waals surface area contributed by atoms with Crippen molar-refractivity contribution in [2.75, 3.05) is 51.8 Å². The van der Waals surface area contributed by atoms with Crippen LogP contribution < -0.4 is 10.6 Å². The van der Waals surface area contributed by atoms with E-state index >= 15 is 0 Å². The summed E-state index contributed by atoms with van der Waals surface area (Å²) in [6, 6.07) is 6.58. The molecule has 1 saturated heterocycles. The number of carbonyl (C=O) groups is 1. The summed E-state index contributed by atoms with van der Waals surface area (Å²) in [5, 5.41) is 15.0. The lowest BCUT2D eigenvalue weighted by molar-refractivity contribution is 0.0377. The first kappa shape index (κ1) is 23.5. The Labute approximate surface area is 160 Å². The number of morpholine rings is 1. The largest absolute Gasteiger partial charge is 0.478 e. The highest BCUT2D eigenvalue weighted by molar-refractivity contribution is 5.94. The van der Waals surface area contributed by atoms with Crippen molar-refractivity contribution < 1.29 is 14.6 Å². The van der Waals surface area contributed by atoms with Crippen LogP contribution in [0.2, 0.25) is 0 Å². The van der Waals surface area contributed by atoms with E-state index in [9.17, 15) is 4.79 Å². The first-order valence-electron chi connectivity index (χ1n) is 7.81. The van der Waals surface area contributed by atoms with Crippen LogP contribution in [-0.2, 0) is 4.74 Å². The zero-order valence-corrected chi connectivity index (χ0v) is 15.9. The van der Waals surface area contributed by atoms with E-state index in [2.05, 4.69) is 20.5 Å². The molecule has 0 bridgehead atoms. The lowest BCUT2D eigenvalue weighted by Crippen LogP contribution is -2.37. The molecule has 9 heteroatoms. The second-order valence-corrected chi connectivity index (χ2v) is 5.30. The topological polar surface area (TPSA) is 86.2 Å². The standard InChI is InChI=1S/C16H24N4O3.2ClH/c1-17-16(18-7-2-8-20-9-11-23-12-10-20)19-14-5-3-13(4-6-14)15(21)22;;/h3-6H,2,7-12H2,1H3,(H,21,22)(H2,17,18,19);2*1H. The molecule has 1 heterocycles. The van der Waals surface area contributed by atoms with Crippen molar-refractivity contribution in [3.63, 3.8) is 0 Å². The monoisotopic (exact) mass is 392 g/mol. The molecule has 0 amide bonds. The fourth-order valence-electron chi connectivity index (χ4n) is 2.32. The molecular weight excluding hydrogens is 367 g/mol. The molecule has 0 unspecified atom stereocenters. The number of anilines is 1. The zero-order valence-electron chi connectivity index (χ0n) is 14.2. The summed E-state index contributed by atoms with van der Waals surface area (Å²) < 4.78 is 5.33. The molecule has 25 heavy (non-hydrogen) atoms. The normalized spacial score (nSPS) is 14.8. The lowest BCUT2D eigenvalue weighted by atomic mass is 10.2. The molecule has 0 radical (unpaired) electrons. The molecule has 1 aromatic carbocycles. The minimum Gasteiger partial charge on any atom is -0.478 e. The van der Waals surface area contributed by atoms with E-state index in [1.54, 1.807) is 31.3 Å². The second-order valence-electron chi connectivity index (χ2n) is 5.30. The van der Waals surface area contributed by atoms with E-state index < -0.39 is 5.97 Å². The summed E-state index contributed by atoms with van der Waals surface area (Å²) in [6.45, 7) is 5.39. The maximum atomic E-state index is 10.8. The van der Waals surface area contributed by atoms with E-state index in [-0.39, 0.29) is 30.4 Å². The number of halogens is 2. The van der Waals surface area contributed by atoms with E-state index in [1.807, 2.05) is 0 Å². The van der Waals surface area contributed by atoms with E-state index in [1.165, 1.54) is 0 Å². The lowest BCUT2D eigenvalue weighted by Gasteiger charge is -2.26. The van der Waals surface area contributed by atoms with Crippen LogP contribution in [0.1, 0.15) is 16.8 Å². The predicted octanol–water partition coefficient (Wildman–Crippen LogP) is 1.94. The number of hydrogen-bond acceptors (Lipinski definition) is 4. The van der Waals surface area contributed by atoms with Crippen molar-refractivity contribution in [2.45, 2.75) is 6.42 Å². The Morgan fingerprint density at radius 2 is 1.88 bits per heavy atom. The maximum absolute atomic E-state index is 10.8. The van der Waals surface area contributed by atoms with Crippen LogP contribution in [0, 0.1) is 0 Å². The van der Waals surface area contributed by atoms with Crippen molar-refractivity contribution >= 4 is 42.4 Å². The van der Waals surface area contributed by atoms with E-state index in [4.69, 9.17) is 9.84 Å². The van der Waals surface area contributed by atoms with Crippen LogP contribution >= 0.6 is 24.8 Å². The molecule has 1 aromatic rings. The number of nitrogens with zero attached hydrogens (tertiary/aromatic N) is 2. The Kier molecular flexibility index (Phi) is 12.0. The van der Waals surface area contributed by atoms with Gasteiger partial charge in [0.2, 0.25) is 0 Å². The Balaban J connectivity index is 0.00000288. The Hall–Kier alpha value is -1.54. The molecule has 0 aromatic heterocycles. The zero-order chi connectivity index (χ0) is 16.5. The van der Waals surface area contributed by atoms with Gasteiger partial charge in [-0.1, -0.05) is 0 Å². The van der Waals surface area contributed by atoms with Gasteiger partial charge >= 0.3 is 5.97 Å². The smallest absolute Gasteiger partial charge is 0.335 e. The fourth-order valence-corrected chi connectivity index (χ4v) is 2.32. The molecule has 2 rings (SSSR count). The van der Waals surface area contributed by atoms with Gasteiger partial charge in [-0.15, -0.1) is 24.8 Å². The number of benzene rings is 1. The molecule has 3 N–H and O–H groups in total. The summed E-state index contributed by atoms with van der Waals surface area (Å²) in [5.74, 6) is -0.253. The van der Waals surface area contributed by atoms with Crippen LogP contribution in [0.4, 0.5) is 5.69 Å². The summed E-state index contributed by atoms with van der Waals surface area (Å²) >= 11 is 0. The Bertz CT molecular complexity index is 535. The van der Waals surface area contributed by atoms with Crippen LogP contribution in [0.3, 0.4) is 0 Å². The van der Waals surface area contributed by atoms with Gasteiger partial charge in [-0.3, -0.25) is 9.89 Å². The molecule has 1 aliphatic heterocycles. The molecule has 0 atom stereocenters. The van der Waals surface area contributed by atoms with Gasteiger partial charge < -0.3 is 20.5 Å². The third kappa shape index (κ3) is 8.40. The van der Waals surface area contributed by atoms with Gasteiger partial charge in [0.25, 0.3) is 0 Å². The van der Waals surface area contributed by atoms with Crippen LogP contribution in [0.5, 0.6) is 0 Å². The third-order valence-electron chi connectivity index (χ3n) is 3.64. The first-order valence-corrected chi connectivity index (χ1v) is 7.81. The number of aromatic carboxylic acids is 1. The van der Waals surface area contributed by atoms with Crippen molar-refractivity contribution in [3.8, 4) is 0 Å². The number of ether oxygens (including phenoxy) is 1. The first-order chi connectivity index (χ1) is 11.2. The van der Waals surface area contributed by atoms with Gasteiger partial charge in [-0.2, -0.15) is 0 Å². The molecule has 7 nitrogen and oxygen atoms in total. The third-order valence-corrected chi connectivity index (χ3v) is 3.64. The fraction of sp³-hybridized carbons (Fsp3) is 0.500. The Morgan fingerprint density at radius 1 is 1.24 bits per heavy atom. The molecule has 0 saturated carbocycles. The average molecular weight is 393 g/mol. The van der Waals surface area contributed by atoms with Gasteiger partial charge in [0.1, 0.15) is 0 Å². The number of carboxylic acid groups (broad SMARTS) is 1. The molecular formula is C16H26Cl2N4O3. The molecule has 1 fully saturated rings. The molecule has 0 spiro atoms. The number of nitrogens with one attached hydrogen (secondary N) is 2. The van der Waals surface area contributed by atoms with Gasteiger partial charge in [0.05, 0.1) is 18.8 Å². The van der Waals surface area contributed by atoms with Gasteiger partial charge in [-0.05, 0) is 30.7 Å². The number of aliphatic imine (C=N–C) groups is 1. The minimum absolute atomic E-state index is 0. The SMILES string of the molecule is CNC(=NCCCN1CCOCC1)Nc1ccc(C(=O)O)cc1.Cl.Cl. The van der Waals surface area contributed by atoms with Gasteiger partial charge in [-0.25, -0.2) is 4.79 Å². The van der Waals surface area contributed by atoms with E-state index in [0.717, 1.165) is 51.5 Å². The number of guanidine groups is 1. The van der Waals surface area contributed by atoms with Gasteiger partial charge in [0.15, 0.2) is 5.96 Å². The van der Waals surface area contributed by atoms with Gasteiger partial charge in [0, 0.05) is 38.9 Å². The number of rotatable bonds is 6. The molecule has 0 aliphatic carbocycles. The summed E-state index contributed by atoms with van der Waals surface area (Å²) in [7, 11) is 1.80. The Morgan fingerprint density at radius 3 is 2.44 bits per heavy atom. The highest BCUT2D eigenvalue weighted by Crippen LogP contribution is 2.09. The molecule has 1 aliphatic rings. The van der Waals surface area contributed by atoms with Crippen molar-refractivity contribution in [1.82, 2.24) is 10.2 Å². The minimum atomic E-state index is -0.929. The predicted molar refractivity (Wildman–Crippen MR) is 105 cm³/mol. The summed E-state index contributed by atoms with van der Waals surface area (Å²) in [4.78, 5) is 17.7. The molecule has 142 valence electrons. The van der Waals surface area contributed by atoms with Crippen LogP contribution in [0.25, 0.3) is 0 Å². The highest BCUT2D eigenvalue weighted by Gasteiger charge is 2.09. The quantitative estimate of drug-likeness (QED) is 0.389. The maximum Gasteiger partial charge on any atom is 0.335 e. The van der Waals surface area contributed by atoms with Crippen LogP contribution in [-0.4, -0.2) is 68.4 Å². The summed E-state index contributed by atoms with van der Waals surface area (Å²) in [5.41, 5.74) is 1.07. The summed E-state index contributed by atoms with van der Waals surface area (Å²) in [6.07, 6.45) is 0.991. The van der Waals surface area contributed by atoms with Crippen molar-refractivity contribution in [2.24, 2.45) is 4.99 Å². The number of hydrogen-bond donors (Lipinski definition) is 3. The average Bonchev–Trinajstić information content (AvgIpc) is 2.59. The highest BCUT2D eigenvalue weighted by atomic mass is 35.5. The van der Waals surface area contributed by atoms with E-state index in [0.29, 0.717) is 5.96 Å². The van der Waals surface area contributed by atoms with Crippen molar-refractivity contribution in [1.29, 1.82) is 0 Å². The van der Waals surface area contributed by atoms with Crippen molar-refractivity contribution in [3.05, 3.63) is 29.8 Å². The van der Waals surface area contributed by atoms with Crippen LogP contribution in [0.15, 0.2) is 29.3 Å². The number of carboxylic acids is 1. The second kappa shape index (κ2) is 12.8.